The van der Waals surface area contributed by atoms with Crippen LogP contribution in [0.5, 0.6) is 0 Å². The number of hydrogen-bond acceptors (Lipinski definition) is 3. The molecule has 3 N–H and O–H groups in total. The lowest BCUT2D eigenvalue weighted by Gasteiger charge is -2.17. The molecular weight excluding hydrogens is 240 g/mol. The van der Waals surface area contributed by atoms with E-state index in [4.69, 9.17) is 15.3 Å². The van der Waals surface area contributed by atoms with Crippen molar-refractivity contribution in [1.82, 2.24) is 0 Å². The Kier molecular flexibility index (Phi) is 7.00. The molecule has 0 aromatic carbocycles. The number of aliphatic carboxylic acids is 3. The third-order valence-electron chi connectivity index (χ3n) is 3.13. The molecule has 0 aliphatic heterocycles. The van der Waals surface area contributed by atoms with Crippen LogP contribution in [0, 0.1) is 17.8 Å². The van der Waals surface area contributed by atoms with E-state index < -0.39 is 35.7 Å². The molecule has 18 heavy (non-hydrogen) atoms. The second kappa shape index (κ2) is 7.68. The van der Waals surface area contributed by atoms with E-state index in [0.29, 0.717) is 6.42 Å². The van der Waals surface area contributed by atoms with Gasteiger partial charge in [-0.05, 0) is 25.7 Å². The minimum atomic E-state index is -1.06. The van der Waals surface area contributed by atoms with Crippen LogP contribution >= 0.6 is 0 Å². The van der Waals surface area contributed by atoms with E-state index >= 15 is 0 Å². The molecule has 3 atom stereocenters. The van der Waals surface area contributed by atoms with Crippen LogP contribution in [0.4, 0.5) is 0 Å². The van der Waals surface area contributed by atoms with Crippen LogP contribution in [0.2, 0.25) is 0 Å². The van der Waals surface area contributed by atoms with Gasteiger partial charge in [0.15, 0.2) is 0 Å². The van der Waals surface area contributed by atoms with Gasteiger partial charge in [0.2, 0.25) is 0 Å². The Labute approximate surface area is 106 Å². The lowest BCUT2D eigenvalue weighted by Crippen LogP contribution is -2.23. The van der Waals surface area contributed by atoms with E-state index in [-0.39, 0.29) is 19.3 Å². The van der Waals surface area contributed by atoms with E-state index in [1.165, 1.54) is 6.92 Å². The van der Waals surface area contributed by atoms with Crippen molar-refractivity contribution in [3.8, 4) is 0 Å². The molecule has 0 fully saturated rings. The van der Waals surface area contributed by atoms with Gasteiger partial charge in [-0.15, -0.1) is 0 Å². The minimum absolute atomic E-state index is 0.0491. The second-order valence-corrected chi connectivity index (χ2v) is 4.53. The summed E-state index contributed by atoms with van der Waals surface area (Å²) in [6.07, 6.45) is 0.843. The van der Waals surface area contributed by atoms with Crippen LogP contribution in [0.3, 0.4) is 0 Å². The first-order valence-electron chi connectivity index (χ1n) is 5.97. The van der Waals surface area contributed by atoms with Crippen LogP contribution in [0.25, 0.3) is 0 Å². The van der Waals surface area contributed by atoms with Crippen LogP contribution in [0.15, 0.2) is 0 Å². The van der Waals surface area contributed by atoms with E-state index in [1.807, 2.05) is 0 Å². The Morgan fingerprint density at radius 2 is 1.39 bits per heavy atom. The zero-order valence-electron chi connectivity index (χ0n) is 10.6. The molecule has 0 aromatic rings. The molecule has 0 spiro atoms. The van der Waals surface area contributed by atoms with Gasteiger partial charge in [-0.1, -0.05) is 13.8 Å². The number of carbonyl (C=O) groups is 3. The smallest absolute Gasteiger partial charge is 0.306 e. The molecule has 0 aliphatic rings. The maximum absolute atomic E-state index is 11.0. The largest absolute Gasteiger partial charge is 0.481 e. The summed E-state index contributed by atoms with van der Waals surface area (Å²) in [6, 6.07) is 0. The first-order chi connectivity index (χ1) is 8.29. The first kappa shape index (κ1) is 16.4. The fraction of sp³-hybridized carbons (Fsp3) is 0.750. The standard InChI is InChI=1S/C12H20O6/c1-3-8(11(15)16)6-9(12(17)18)5-4-7(2)10(13)14/h7-9H,3-6H2,1-2H3,(H,13,14)(H,15,16)(H,17,18). The maximum atomic E-state index is 11.0. The highest BCUT2D eigenvalue weighted by Crippen LogP contribution is 2.22. The minimum Gasteiger partial charge on any atom is -0.481 e. The van der Waals surface area contributed by atoms with E-state index in [9.17, 15) is 14.4 Å². The third kappa shape index (κ3) is 5.65. The molecule has 0 aromatic heterocycles. The van der Waals surface area contributed by atoms with Crippen LogP contribution in [-0.4, -0.2) is 33.2 Å². The molecule has 6 nitrogen and oxygen atoms in total. The summed E-state index contributed by atoms with van der Waals surface area (Å²) in [5, 5.41) is 26.6. The van der Waals surface area contributed by atoms with Crippen molar-refractivity contribution in [3.05, 3.63) is 0 Å². The van der Waals surface area contributed by atoms with Gasteiger partial charge < -0.3 is 15.3 Å². The zero-order chi connectivity index (χ0) is 14.3. The van der Waals surface area contributed by atoms with Gasteiger partial charge in [0.05, 0.1) is 17.8 Å². The highest BCUT2D eigenvalue weighted by atomic mass is 16.4. The summed E-state index contributed by atoms with van der Waals surface area (Å²) in [5.41, 5.74) is 0. The number of hydrogen-bond donors (Lipinski definition) is 3. The lowest BCUT2D eigenvalue weighted by atomic mass is 9.87. The van der Waals surface area contributed by atoms with Crippen LogP contribution in [-0.2, 0) is 14.4 Å². The molecule has 0 rings (SSSR count). The first-order valence-corrected chi connectivity index (χ1v) is 5.97. The van der Waals surface area contributed by atoms with Crippen molar-refractivity contribution in [3.63, 3.8) is 0 Å². The van der Waals surface area contributed by atoms with Crippen molar-refractivity contribution in [2.45, 2.75) is 39.5 Å². The maximum Gasteiger partial charge on any atom is 0.306 e. The third-order valence-corrected chi connectivity index (χ3v) is 3.13. The fourth-order valence-corrected chi connectivity index (χ4v) is 1.70. The van der Waals surface area contributed by atoms with Crippen molar-refractivity contribution in [1.29, 1.82) is 0 Å². The van der Waals surface area contributed by atoms with Crippen LogP contribution in [0.1, 0.15) is 39.5 Å². The molecule has 0 bridgehead atoms. The predicted molar refractivity (Wildman–Crippen MR) is 63.2 cm³/mol. The number of rotatable bonds is 9. The molecule has 0 saturated heterocycles. The summed E-state index contributed by atoms with van der Waals surface area (Å²) in [4.78, 5) is 32.5. The van der Waals surface area contributed by atoms with E-state index in [2.05, 4.69) is 0 Å². The molecule has 0 heterocycles. The summed E-state index contributed by atoms with van der Waals surface area (Å²) in [7, 11) is 0. The van der Waals surface area contributed by atoms with Gasteiger partial charge in [0.1, 0.15) is 0 Å². The summed E-state index contributed by atoms with van der Waals surface area (Å²) in [6.45, 7) is 3.20. The van der Waals surface area contributed by atoms with Gasteiger partial charge in [-0.2, -0.15) is 0 Å². The Hall–Kier alpha value is -1.59. The van der Waals surface area contributed by atoms with Gasteiger partial charge in [-0.25, -0.2) is 0 Å². The Bertz CT molecular complexity index is 312. The fourth-order valence-electron chi connectivity index (χ4n) is 1.70. The van der Waals surface area contributed by atoms with Gasteiger partial charge in [0, 0.05) is 0 Å². The zero-order valence-corrected chi connectivity index (χ0v) is 10.6. The second-order valence-electron chi connectivity index (χ2n) is 4.53. The molecule has 3 unspecified atom stereocenters. The van der Waals surface area contributed by atoms with Crippen molar-refractivity contribution in [2.24, 2.45) is 17.8 Å². The number of carboxylic acid groups (broad SMARTS) is 3. The van der Waals surface area contributed by atoms with Gasteiger partial charge >= 0.3 is 17.9 Å². The average Bonchev–Trinajstić information content (AvgIpc) is 2.27. The summed E-state index contributed by atoms with van der Waals surface area (Å²) in [5.74, 6) is -5.14. The van der Waals surface area contributed by atoms with E-state index in [1.54, 1.807) is 6.92 Å². The Morgan fingerprint density at radius 3 is 1.72 bits per heavy atom. The van der Waals surface area contributed by atoms with Crippen molar-refractivity contribution < 1.29 is 29.7 Å². The average molecular weight is 260 g/mol. The molecule has 0 amide bonds. The molecular formula is C12H20O6. The van der Waals surface area contributed by atoms with Crippen molar-refractivity contribution in [2.75, 3.05) is 0 Å². The molecule has 0 aliphatic carbocycles. The number of carboxylic acids is 3. The van der Waals surface area contributed by atoms with Crippen molar-refractivity contribution >= 4 is 17.9 Å². The predicted octanol–water partition coefficient (Wildman–Crippen LogP) is 1.69. The molecule has 0 saturated carbocycles. The summed E-state index contributed by atoms with van der Waals surface area (Å²) < 4.78 is 0. The highest BCUT2D eigenvalue weighted by molar-refractivity contribution is 5.74. The molecule has 104 valence electrons. The lowest BCUT2D eigenvalue weighted by molar-refractivity contribution is -0.147. The quantitative estimate of drug-likeness (QED) is 0.581. The topological polar surface area (TPSA) is 112 Å². The Balaban J connectivity index is 4.44. The Morgan fingerprint density at radius 1 is 0.889 bits per heavy atom. The van der Waals surface area contributed by atoms with Gasteiger partial charge in [-0.3, -0.25) is 14.4 Å². The molecule has 0 radical (unpaired) electrons. The monoisotopic (exact) mass is 260 g/mol. The van der Waals surface area contributed by atoms with Crippen LogP contribution < -0.4 is 0 Å². The highest BCUT2D eigenvalue weighted by Gasteiger charge is 2.26. The summed E-state index contributed by atoms with van der Waals surface area (Å²) >= 11 is 0. The molecule has 6 heteroatoms. The SMILES string of the molecule is CCC(CC(CCC(C)C(=O)O)C(=O)O)C(=O)O. The normalized spacial score (nSPS) is 15.7. The van der Waals surface area contributed by atoms with E-state index in [0.717, 1.165) is 0 Å². The van der Waals surface area contributed by atoms with Gasteiger partial charge in [0.25, 0.3) is 0 Å².